The first kappa shape index (κ1) is 10.4. The largest absolute Gasteiger partial charge is 0.478 e. The van der Waals surface area contributed by atoms with E-state index in [1.165, 1.54) is 13.2 Å². The monoisotopic (exact) mass is 193 g/mol. The lowest BCUT2D eigenvalue weighted by Gasteiger charge is -2.05. The second-order valence-electron chi connectivity index (χ2n) is 2.75. The van der Waals surface area contributed by atoms with E-state index >= 15 is 0 Å². The van der Waals surface area contributed by atoms with Crippen LogP contribution >= 0.6 is 0 Å². The minimum atomic E-state index is -0.965. The SMILES string of the molecule is C#CCn1ccc(C(=O)O)c1COC. The molecule has 1 aromatic heterocycles. The number of carboxylic acids is 1. The van der Waals surface area contributed by atoms with Gasteiger partial charge < -0.3 is 14.4 Å². The molecule has 0 bridgehead atoms. The Labute approximate surface area is 82.1 Å². The lowest BCUT2D eigenvalue weighted by molar-refractivity contribution is 0.0691. The fourth-order valence-electron chi connectivity index (χ4n) is 1.24. The van der Waals surface area contributed by atoms with E-state index in [1.54, 1.807) is 10.8 Å². The van der Waals surface area contributed by atoms with Crippen molar-refractivity contribution in [3.05, 3.63) is 23.5 Å². The molecule has 1 N–H and O–H groups in total. The highest BCUT2D eigenvalue weighted by Crippen LogP contribution is 2.12. The van der Waals surface area contributed by atoms with Crippen LogP contribution < -0.4 is 0 Å². The van der Waals surface area contributed by atoms with Gasteiger partial charge in [0.1, 0.15) is 0 Å². The summed E-state index contributed by atoms with van der Waals surface area (Å²) in [5.41, 5.74) is 0.833. The zero-order chi connectivity index (χ0) is 10.6. The van der Waals surface area contributed by atoms with E-state index in [1.807, 2.05) is 0 Å². The van der Waals surface area contributed by atoms with Crippen molar-refractivity contribution >= 4 is 5.97 Å². The van der Waals surface area contributed by atoms with E-state index < -0.39 is 5.97 Å². The Morgan fingerprint density at radius 3 is 3.00 bits per heavy atom. The number of terminal acetylenes is 1. The number of carbonyl (C=O) groups is 1. The van der Waals surface area contributed by atoms with Crippen LogP contribution in [-0.4, -0.2) is 22.8 Å². The zero-order valence-electron chi connectivity index (χ0n) is 7.86. The van der Waals surface area contributed by atoms with E-state index in [4.69, 9.17) is 16.3 Å². The van der Waals surface area contributed by atoms with Crippen LogP contribution in [0, 0.1) is 12.3 Å². The van der Waals surface area contributed by atoms with Gasteiger partial charge in [-0.15, -0.1) is 6.42 Å². The normalized spacial score (nSPS) is 9.71. The summed E-state index contributed by atoms with van der Waals surface area (Å²) in [6, 6.07) is 1.52. The minimum Gasteiger partial charge on any atom is -0.478 e. The van der Waals surface area contributed by atoms with Gasteiger partial charge in [0.25, 0.3) is 0 Å². The number of hydrogen-bond acceptors (Lipinski definition) is 2. The molecule has 14 heavy (non-hydrogen) atoms. The summed E-state index contributed by atoms with van der Waals surface area (Å²) in [5.74, 6) is 1.48. The fraction of sp³-hybridized carbons (Fsp3) is 0.300. The molecule has 1 aromatic rings. The van der Waals surface area contributed by atoms with Gasteiger partial charge in [-0.1, -0.05) is 5.92 Å². The Morgan fingerprint density at radius 1 is 1.79 bits per heavy atom. The number of hydrogen-bond donors (Lipinski definition) is 1. The smallest absolute Gasteiger partial charge is 0.337 e. The van der Waals surface area contributed by atoms with Gasteiger partial charge in [-0.05, 0) is 6.07 Å². The van der Waals surface area contributed by atoms with E-state index in [0.29, 0.717) is 12.2 Å². The molecule has 4 nitrogen and oxygen atoms in total. The number of carboxylic acid groups (broad SMARTS) is 1. The van der Waals surface area contributed by atoms with Crippen LogP contribution in [-0.2, 0) is 17.9 Å². The molecule has 0 atom stereocenters. The number of ether oxygens (including phenoxy) is 1. The standard InChI is InChI=1S/C10H11NO3/c1-3-5-11-6-4-8(10(12)13)9(11)7-14-2/h1,4,6H,5,7H2,2H3,(H,12,13). The first-order chi connectivity index (χ1) is 6.70. The molecule has 0 saturated carbocycles. The predicted molar refractivity (Wildman–Crippen MR) is 50.9 cm³/mol. The van der Waals surface area contributed by atoms with Crippen molar-refractivity contribution in [2.45, 2.75) is 13.2 Å². The summed E-state index contributed by atoms with van der Waals surface area (Å²) in [4.78, 5) is 10.8. The Hall–Kier alpha value is -1.73. The molecule has 1 rings (SSSR count). The maximum atomic E-state index is 10.8. The Bertz CT molecular complexity index is 373. The van der Waals surface area contributed by atoms with Gasteiger partial charge in [0.05, 0.1) is 24.4 Å². The summed E-state index contributed by atoms with van der Waals surface area (Å²) >= 11 is 0. The highest BCUT2D eigenvalue weighted by atomic mass is 16.5. The average molecular weight is 193 g/mol. The maximum Gasteiger partial charge on any atom is 0.337 e. The molecule has 0 fully saturated rings. The third-order valence-corrected chi connectivity index (χ3v) is 1.85. The summed E-state index contributed by atoms with van der Waals surface area (Å²) < 4.78 is 6.60. The molecule has 0 aromatic carbocycles. The van der Waals surface area contributed by atoms with Crippen LogP contribution in [0.3, 0.4) is 0 Å². The Kier molecular flexibility index (Phi) is 3.32. The van der Waals surface area contributed by atoms with Gasteiger partial charge in [-0.3, -0.25) is 0 Å². The quantitative estimate of drug-likeness (QED) is 0.725. The number of methoxy groups -OCH3 is 1. The number of rotatable bonds is 4. The van der Waals surface area contributed by atoms with E-state index in [0.717, 1.165) is 0 Å². The number of aromatic carboxylic acids is 1. The molecular weight excluding hydrogens is 182 g/mol. The predicted octanol–water partition coefficient (Wildman–Crippen LogP) is 0.966. The summed E-state index contributed by atoms with van der Waals surface area (Å²) in [5, 5.41) is 8.85. The van der Waals surface area contributed by atoms with Gasteiger partial charge in [0, 0.05) is 13.3 Å². The lowest BCUT2D eigenvalue weighted by atomic mass is 10.2. The Morgan fingerprint density at radius 2 is 2.50 bits per heavy atom. The van der Waals surface area contributed by atoms with Crippen molar-refractivity contribution in [2.75, 3.05) is 7.11 Å². The van der Waals surface area contributed by atoms with Gasteiger partial charge in [0.15, 0.2) is 0 Å². The second kappa shape index (κ2) is 4.49. The summed E-state index contributed by atoms with van der Waals surface area (Å²) in [7, 11) is 1.51. The third kappa shape index (κ3) is 1.95. The molecule has 0 saturated heterocycles. The van der Waals surface area contributed by atoms with Crippen molar-refractivity contribution in [1.82, 2.24) is 4.57 Å². The highest BCUT2D eigenvalue weighted by molar-refractivity contribution is 5.89. The molecule has 0 amide bonds. The molecule has 1 heterocycles. The van der Waals surface area contributed by atoms with Crippen molar-refractivity contribution in [3.63, 3.8) is 0 Å². The van der Waals surface area contributed by atoms with E-state index in [2.05, 4.69) is 5.92 Å². The maximum absolute atomic E-state index is 10.8. The molecule has 0 unspecified atom stereocenters. The number of nitrogens with zero attached hydrogens (tertiary/aromatic N) is 1. The van der Waals surface area contributed by atoms with Crippen LogP contribution in [0.4, 0.5) is 0 Å². The molecular formula is C10H11NO3. The topological polar surface area (TPSA) is 51.5 Å². The van der Waals surface area contributed by atoms with Gasteiger partial charge in [-0.25, -0.2) is 4.79 Å². The van der Waals surface area contributed by atoms with Crippen LogP contribution in [0.2, 0.25) is 0 Å². The van der Waals surface area contributed by atoms with E-state index in [9.17, 15) is 4.79 Å². The third-order valence-electron chi connectivity index (χ3n) is 1.85. The van der Waals surface area contributed by atoms with Crippen molar-refractivity contribution < 1.29 is 14.6 Å². The highest BCUT2D eigenvalue weighted by Gasteiger charge is 2.13. The Balaban J connectivity index is 3.07. The summed E-state index contributed by atoms with van der Waals surface area (Å²) in [6.45, 7) is 0.599. The average Bonchev–Trinajstić information content (AvgIpc) is 2.50. The number of aromatic nitrogens is 1. The van der Waals surface area contributed by atoms with Gasteiger partial charge in [-0.2, -0.15) is 0 Å². The summed E-state index contributed by atoms with van der Waals surface area (Å²) in [6.07, 6.45) is 6.80. The van der Waals surface area contributed by atoms with Crippen molar-refractivity contribution in [2.24, 2.45) is 0 Å². The minimum absolute atomic E-state index is 0.238. The van der Waals surface area contributed by atoms with Gasteiger partial charge >= 0.3 is 5.97 Å². The first-order valence-corrected chi connectivity index (χ1v) is 4.04. The van der Waals surface area contributed by atoms with Gasteiger partial charge in [0.2, 0.25) is 0 Å². The second-order valence-corrected chi connectivity index (χ2v) is 2.75. The van der Waals surface area contributed by atoms with Crippen LogP contribution in [0.1, 0.15) is 16.1 Å². The van der Waals surface area contributed by atoms with Crippen molar-refractivity contribution in [3.8, 4) is 12.3 Å². The molecule has 0 spiro atoms. The molecule has 0 aliphatic rings. The zero-order valence-corrected chi connectivity index (χ0v) is 7.86. The van der Waals surface area contributed by atoms with Crippen molar-refractivity contribution in [1.29, 1.82) is 0 Å². The molecule has 0 aliphatic carbocycles. The van der Waals surface area contributed by atoms with E-state index in [-0.39, 0.29) is 12.2 Å². The molecule has 74 valence electrons. The molecule has 0 aliphatic heterocycles. The molecule has 0 radical (unpaired) electrons. The molecule has 4 heteroatoms. The lowest BCUT2D eigenvalue weighted by Crippen LogP contribution is -2.07. The first-order valence-electron chi connectivity index (χ1n) is 4.04. The van der Waals surface area contributed by atoms with Crippen LogP contribution in [0.25, 0.3) is 0 Å². The van der Waals surface area contributed by atoms with Crippen LogP contribution in [0.15, 0.2) is 12.3 Å². The fourth-order valence-corrected chi connectivity index (χ4v) is 1.24. The van der Waals surface area contributed by atoms with Crippen LogP contribution in [0.5, 0.6) is 0 Å².